The van der Waals surface area contributed by atoms with Crippen LogP contribution in [0.5, 0.6) is 0 Å². The Hall–Kier alpha value is -1.41. The molecule has 0 saturated heterocycles. The Bertz CT molecular complexity index is 426. The first-order valence-electron chi connectivity index (χ1n) is 7.55. The van der Waals surface area contributed by atoms with Crippen molar-refractivity contribution < 1.29 is 33.0 Å². The van der Waals surface area contributed by atoms with Gasteiger partial charge < -0.3 is 18.6 Å². The fourth-order valence-corrected chi connectivity index (χ4v) is 2.84. The van der Waals surface area contributed by atoms with Crippen molar-refractivity contribution in [3.63, 3.8) is 0 Å². The molecule has 0 aliphatic rings. The third kappa shape index (κ3) is 8.12. The van der Waals surface area contributed by atoms with Gasteiger partial charge in [-0.3, -0.25) is 9.59 Å². The van der Waals surface area contributed by atoms with E-state index in [0.717, 1.165) is 0 Å². The van der Waals surface area contributed by atoms with Crippen LogP contribution in [0.25, 0.3) is 0 Å². The van der Waals surface area contributed by atoms with Crippen LogP contribution < -0.4 is 0 Å². The minimum absolute atomic E-state index is 0.0824. The summed E-state index contributed by atoms with van der Waals surface area (Å²) in [6.45, 7) is 11.9. The van der Waals surface area contributed by atoms with Crippen molar-refractivity contribution in [1.29, 1.82) is 0 Å². The second kappa shape index (κ2) is 9.02. The number of hydrogen-bond acceptors (Lipinski definition) is 7. The lowest BCUT2D eigenvalue weighted by Gasteiger charge is -2.38. The highest BCUT2D eigenvalue weighted by molar-refractivity contribution is 6.74. The summed E-state index contributed by atoms with van der Waals surface area (Å²) >= 11 is 0. The molecular formula is C15H28O7Si. The van der Waals surface area contributed by atoms with Gasteiger partial charge in [0.15, 0.2) is 8.32 Å². The first-order chi connectivity index (χ1) is 10.4. The molecule has 0 aromatic heterocycles. The van der Waals surface area contributed by atoms with Crippen LogP contribution >= 0.6 is 0 Å². The molecule has 8 heteroatoms. The van der Waals surface area contributed by atoms with E-state index < -0.39 is 32.5 Å². The van der Waals surface area contributed by atoms with E-state index >= 15 is 0 Å². The van der Waals surface area contributed by atoms with Crippen LogP contribution in [0.2, 0.25) is 18.1 Å². The maximum absolute atomic E-state index is 11.8. The van der Waals surface area contributed by atoms with Crippen LogP contribution in [-0.4, -0.2) is 46.2 Å². The second-order valence-corrected chi connectivity index (χ2v) is 11.4. The maximum Gasteiger partial charge on any atom is 0.516 e. The number of hydrogen-bond donors (Lipinski definition) is 0. The van der Waals surface area contributed by atoms with Crippen LogP contribution in [0.3, 0.4) is 0 Å². The molecule has 0 fully saturated rings. The molecule has 0 heterocycles. The zero-order valence-electron chi connectivity index (χ0n) is 15.1. The number of esters is 2. The van der Waals surface area contributed by atoms with E-state index in [1.165, 1.54) is 7.11 Å². The first-order valence-corrected chi connectivity index (χ1v) is 10.5. The number of carbonyl (C=O) groups is 3. The molecule has 0 aliphatic heterocycles. The van der Waals surface area contributed by atoms with Gasteiger partial charge in [0.1, 0.15) is 0 Å². The number of rotatable bonds is 7. The predicted molar refractivity (Wildman–Crippen MR) is 86.4 cm³/mol. The van der Waals surface area contributed by atoms with Gasteiger partial charge in [-0.05, 0) is 25.1 Å². The zero-order chi connectivity index (χ0) is 18.3. The van der Waals surface area contributed by atoms with Crippen molar-refractivity contribution in [3.05, 3.63) is 0 Å². The van der Waals surface area contributed by atoms with E-state index in [0.29, 0.717) is 0 Å². The normalized spacial score (nSPS) is 13.2. The van der Waals surface area contributed by atoms with Crippen LogP contribution in [0, 0.1) is 0 Å². The van der Waals surface area contributed by atoms with Gasteiger partial charge in [-0.2, -0.15) is 0 Å². The van der Waals surface area contributed by atoms with Gasteiger partial charge in [0.05, 0.1) is 32.7 Å². The van der Waals surface area contributed by atoms with Crippen LogP contribution in [0.15, 0.2) is 0 Å². The van der Waals surface area contributed by atoms with Gasteiger partial charge in [-0.25, -0.2) is 4.79 Å². The topological polar surface area (TPSA) is 88.1 Å². The Balaban J connectivity index is 4.92. The molecule has 0 aromatic rings. The molecule has 0 saturated carbocycles. The molecule has 0 N–H and O–H groups in total. The summed E-state index contributed by atoms with van der Waals surface area (Å²) in [7, 11) is -0.935. The van der Waals surface area contributed by atoms with Gasteiger partial charge in [0.25, 0.3) is 0 Å². The molecule has 0 aliphatic carbocycles. The Morgan fingerprint density at radius 2 is 1.57 bits per heavy atom. The molecular weight excluding hydrogens is 320 g/mol. The van der Waals surface area contributed by atoms with Crippen molar-refractivity contribution in [2.75, 3.05) is 13.7 Å². The molecule has 23 heavy (non-hydrogen) atoms. The third-order valence-corrected chi connectivity index (χ3v) is 8.28. The molecule has 0 radical (unpaired) electrons. The Labute approximate surface area is 138 Å². The van der Waals surface area contributed by atoms with E-state index in [-0.39, 0.29) is 24.5 Å². The van der Waals surface area contributed by atoms with E-state index in [4.69, 9.17) is 4.43 Å². The van der Waals surface area contributed by atoms with Crippen molar-refractivity contribution in [2.24, 2.45) is 0 Å². The van der Waals surface area contributed by atoms with E-state index in [2.05, 4.69) is 14.2 Å². The van der Waals surface area contributed by atoms with E-state index in [9.17, 15) is 14.4 Å². The summed E-state index contributed by atoms with van der Waals surface area (Å²) in [5.74, 6) is -1.28. The highest BCUT2D eigenvalue weighted by atomic mass is 28.4. The minimum atomic E-state index is -2.20. The van der Waals surface area contributed by atoms with Crippen molar-refractivity contribution in [1.82, 2.24) is 0 Å². The predicted octanol–water partition coefficient (Wildman–Crippen LogP) is 3.03. The molecule has 0 amide bonds. The zero-order valence-corrected chi connectivity index (χ0v) is 16.1. The number of carbonyl (C=O) groups excluding carboxylic acids is 3. The third-order valence-electron chi connectivity index (χ3n) is 3.74. The van der Waals surface area contributed by atoms with Gasteiger partial charge in [0.2, 0.25) is 0 Å². The summed E-state index contributed by atoms with van der Waals surface area (Å²) < 4.78 is 19.8. The molecule has 0 aromatic carbocycles. The molecule has 0 spiro atoms. The number of methoxy groups -OCH3 is 1. The lowest BCUT2D eigenvalue weighted by Crippen LogP contribution is -2.45. The van der Waals surface area contributed by atoms with Gasteiger partial charge in [-0.15, -0.1) is 0 Å². The monoisotopic (exact) mass is 348 g/mol. The van der Waals surface area contributed by atoms with Crippen molar-refractivity contribution in [2.45, 2.75) is 64.8 Å². The summed E-state index contributed by atoms with van der Waals surface area (Å²) in [5.41, 5.74) is 0. The summed E-state index contributed by atoms with van der Waals surface area (Å²) in [6, 6.07) is 0. The standard InChI is InChI=1S/C15H28O7Si/c1-8-20-14(18)21-13(17)10-11(9-12(16)19-5)22-23(6,7)15(2,3)4/h11H,8-10H2,1-7H3/t11-/m1/s1. The fourth-order valence-electron chi connectivity index (χ4n) is 1.49. The van der Waals surface area contributed by atoms with Gasteiger partial charge in [-0.1, -0.05) is 20.8 Å². The van der Waals surface area contributed by atoms with Crippen LogP contribution in [0.4, 0.5) is 4.79 Å². The molecule has 7 nitrogen and oxygen atoms in total. The van der Waals surface area contributed by atoms with Gasteiger partial charge >= 0.3 is 18.1 Å². The molecule has 1 atom stereocenters. The Kier molecular flexibility index (Phi) is 8.47. The lowest BCUT2D eigenvalue weighted by atomic mass is 10.2. The van der Waals surface area contributed by atoms with Crippen LogP contribution in [0.1, 0.15) is 40.5 Å². The van der Waals surface area contributed by atoms with E-state index in [1.54, 1.807) is 6.92 Å². The number of ether oxygens (including phenoxy) is 3. The highest BCUT2D eigenvalue weighted by Gasteiger charge is 2.40. The lowest BCUT2D eigenvalue weighted by molar-refractivity contribution is -0.145. The summed E-state index contributed by atoms with van der Waals surface area (Å²) in [4.78, 5) is 34.5. The van der Waals surface area contributed by atoms with Crippen molar-refractivity contribution >= 4 is 26.4 Å². The quantitative estimate of drug-likeness (QED) is 0.397. The van der Waals surface area contributed by atoms with Gasteiger partial charge in [0, 0.05) is 0 Å². The average Bonchev–Trinajstić information content (AvgIpc) is 2.36. The summed E-state index contributed by atoms with van der Waals surface area (Å²) in [6.07, 6.45) is -2.06. The smallest absolute Gasteiger partial charge is 0.469 e. The molecule has 0 bridgehead atoms. The minimum Gasteiger partial charge on any atom is -0.469 e. The maximum atomic E-state index is 11.8. The fraction of sp³-hybridized carbons (Fsp3) is 0.800. The second-order valence-electron chi connectivity index (χ2n) is 6.64. The molecule has 0 rings (SSSR count). The summed E-state index contributed by atoms with van der Waals surface area (Å²) in [5, 5.41) is -0.0909. The van der Waals surface area contributed by atoms with E-state index in [1.807, 2.05) is 33.9 Å². The highest BCUT2D eigenvalue weighted by Crippen LogP contribution is 2.38. The van der Waals surface area contributed by atoms with Crippen molar-refractivity contribution in [3.8, 4) is 0 Å². The average molecular weight is 348 g/mol. The first kappa shape index (κ1) is 21.6. The molecule has 0 unspecified atom stereocenters. The Morgan fingerprint density at radius 1 is 1.04 bits per heavy atom. The SMILES string of the molecule is CCOC(=O)OC(=O)C[C@@H](CC(=O)OC)O[Si](C)(C)C(C)(C)C. The Morgan fingerprint density at radius 3 is 2.00 bits per heavy atom. The van der Waals surface area contributed by atoms with Crippen LogP contribution in [-0.2, 0) is 28.2 Å². The largest absolute Gasteiger partial charge is 0.516 e. The molecule has 134 valence electrons.